The highest BCUT2D eigenvalue weighted by atomic mass is 32.6. The lowest BCUT2D eigenvalue weighted by molar-refractivity contribution is 0.405. The van der Waals surface area contributed by atoms with Crippen molar-refractivity contribution in [1.29, 1.82) is 0 Å². The van der Waals surface area contributed by atoms with Crippen LogP contribution in [0.5, 0.6) is 0 Å². The molecule has 0 radical (unpaired) electrons. The van der Waals surface area contributed by atoms with Gasteiger partial charge in [-0.25, -0.2) is 0 Å². The summed E-state index contributed by atoms with van der Waals surface area (Å²) in [6, 6.07) is 2.63. The minimum atomic E-state index is -1.96. The Balaban J connectivity index is 4.52. The zero-order chi connectivity index (χ0) is 23.0. The molecule has 0 spiro atoms. The Labute approximate surface area is 198 Å². The fraction of sp³-hybridized carbons (Fsp3) is 1.00. The van der Waals surface area contributed by atoms with Crippen molar-refractivity contribution in [3.8, 4) is 0 Å². The van der Waals surface area contributed by atoms with Gasteiger partial charge in [-0.3, -0.25) is 0 Å². The predicted molar refractivity (Wildman–Crippen MR) is 159 cm³/mol. The molecule has 2 unspecified atom stereocenters. The van der Waals surface area contributed by atoms with Gasteiger partial charge in [0, 0.05) is 7.11 Å². The smallest absolute Gasteiger partial charge is 0.187 e. The van der Waals surface area contributed by atoms with Gasteiger partial charge >= 0.3 is 0 Å². The summed E-state index contributed by atoms with van der Waals surface area (Å²) in [4.78, 5) is 20.7. The summed E-state index contributed by atoms with van der Waals surface area (Å²) < 4.78 is 5.69. The van der Waals surface area contributed by atoms with E-state index in [0.717, 1.165) is 27.8 Å². The van der Waals surface area contributed by atoms with Crippen LogP contribution in [0.25, 0.3) is 0 Å². The van der Waals surface area contributed by atoms with Crippen LogP contribution < -0.4 is 0 Å². The molecule has 0 aromatic heterocycles. The van der Waals surface area contributed by atoms with E-state index in [4.69, 9.17) is 4.43 Å². The zero-order valence-corrected chi connectivity index (χ0v) is 29.2. The van der Waals surface area contributed by atoms with Crippen molar-refractivity contribution in [1.82, 2.24) is 0 Å². The molecule has 0 aliphatic carbocycles. The zero-order valence-electron chi connectivity index (χ0n) is 20.6. The van der Waals surface area contributed by atoms with E-state index in [-0.39, 0.29) is 0 Å². The third kappa shape index (κ3) is 18.6. The second kappa shape index (κ2) is 13.4. The van der Waals surface area contributed by atoms with Gasteiger partial charge < -0.3 is 14.0 Å². The fourth-order valence-electron chi connectivity index (χ4n) is 2.49. The quantitative estimate of drug-likeness (QED) is 0.130. The van der Waals surface area contributed by atoms with Gasteiger partial charge in [-0.1, -0.05) is 19.6 Å². The van der Waals surface area contributed by atoms with E-state index in [9.17, 15) is 9.59 Å². The highest BCUT2D eigenvalue weighted by Crippen LogP contribution is 2.47. The maximum Gasteiger partial charge on any atom is 0.187 e. The lowest BCUT2D eigenvalue weighted by Gasteiger charge is -2.32. The van der Waals surface area contributed by atoms with Crippen molar-refractivity contribution < 1.29 is 14.0 Å². The van der Waals surface area contributed by atoms with Crippen molar-refractivity contribution in [2.24, 2.45) is 0 Å². The van der Waals surface area contributed by atoms with E-state index >= 15 is 0 Å². The first-order valence-electron chi connectivity index (χ1n) is 10.7. The van der Waals surface area contributed by atoms with Crippen molar-refractivity contribution in [3.05, 3.63) is 0 Å². The highest BCUT2D eigenvalue weighted by Gasteiger charge is 2.33. The van der Waals surface area contributed by atoms with E-state index in [1.165, 1.54) is 30.0 Å². The average molecular weight is 567 g/mol. The summed E-state index contributed by atoms with van der Waals surface area (Å²) in [7, 11) is -2.87. The van der Waals surface area contributed by atoms with Crippen LogP contribution in [0.4, 0.5) is 0 Å². The molecule has 0 bridgehead atoms. The summed E-state index contributed by atoms with van der Waals surface area (Å²) in [5.74, 6) is 4.67. The van der Waals surface area contributed by atoms with Crippen LogP contribution >= 0.6 is 38.7 Å². The Hall–Kier alpha value is 2.52. The Morgan fingerprint density at radius 2 is 1.17 bits per heavy atom. The molecule has 12 heteroatoms. The van der Waals surface area contributed by atoms with Crippen LogP contribution in [0.1, 0.15) is 6.42 Å². The molecule has 176 valence electrons. The Morgan fingerprint density at radius 1 is 0.724 bits per heavy atom. The highest BCUT2D eigenvalue weighted by molar-refractivity contribution is 8.58. The lowest BCUT2D eigenvalue weighted by Crippen LogP contribution is -2.35. The largest absolute Gasteiger partial charge is 0.432 e. The van der Waals surface area contributed by atoms with Crippen molar-refractivity contribution in [2.45, 2.75) is 77.4 Å². The van der Waals surface area contributed by atoms with Gasteiger partial charge in [0.25, 0.3) is 0 Å². The maximum atomic E-state index is 10.4. The van der Waals surface area contributed by atoms with Crippen LogP contribution in [0.15, 0.2) is 0 Å². The van der Waals surface area contributed by atoms with Crippen LogP contribution in [-0.2, 0) is 4.43 Å². The SMILES string of the molecule is CO[Si](C)(C)CCS[Si](C)(C)SCCC[Si](C)(PC[Si](C)(C)O)PC[Si](C)(C)O. The molecule has 0 rings (SSSR count). The summed E-state index contributed by atoms with van der Waals surface area (Å²) in [6.07, 6.45) is 0.0676. The van der Waals surface area contributed by atoms with Crippen molar-refractivity contribution in [3.63, 3.8) is 0 Å². The first-order chi connectivity index (χ1) is 12.9. The Kier molecular flexibility index (Phi) is 14.6. The van der Waals surface area contributed by atoms with Gasteiger partial charge in [0.1, 0.15) is 0 Å². The minimum Gasteiger partial charge on any atom is -0.432 e. The van der Waals surface area contributed by atoms with E-state index in [0.29, 0.717) is 0 Å². The molecule has 3 nitrogen and oxygen atoms in total. The topological polar surface area (TPSA) is 49.7 Å². The van der Waals surface area contributed by atoms with Gasteiger partial charge in [0.2, 0.25) is 0 Å². The monoisotopic (exact) mass is 566 g/mol. The first-order valence-corrected chi connectivity index (χ1v) is 33.6. The van der Waals surface area contributed by atoms with Crippen LogP contribution in [0.3, 0.4) is 0 Å². The normalized spacial score (nSPS) is 17.0. The van der Waals surface area contributed by atoms with E-state index < -0.39 is 38.7 Å². The molecule has 0 amide bonds. The first kappa shape index (κ1) is 31.5. The van der Waals surface area contributed by atoms with E-state index in [2.05, 4.69) is 81.3 Å². The molecular weight excluding hydrogens is 519 g/mol. The van der Waals surface area contributed by atoms with Crippen molar-refractivity contribution in [2.75, 3.05) is 30.2 Å². The predicted octanol–water partition coefficient (Wildman–Crippen LogP) is 6.30. The van der Waals surface area contributed by atoms with Crippen LogP contribution in [-0.4, -0.2) is 78.5 Å². The van der Waals surface area contributed by atoms with E-state index in [1.54, 1.807) is 0 Å². The molecule has 0 heterocycles. The summed E-state index contributed by atoms with van der Waals surface area (Å²) in [6.45, 7) is 20.5. The molecule has 0 aliphatic rings. The van der Waals surface area contributed by atoms with E-state index in [1.807, 2.05) is 7.11 Å². The van der Waals surface area contributed by atoms with Crippen molar-refractivity contribution >= 4 is 77.4 Å². The van der Waals surface area contributed by atoms with Crippen LogP contribution in [0, 0.1) is 0 Å². The minimum absolute atomic E-state index is 0.967. The third-order valence-corrected chi connectivity index (χ3v) is 41.3. The second-order valence-electron chi connectivity index (χ2n) is 10.6. The fourth-order valence-corrected chi connectivity index (χ4v) is 44.6. The summed E-state index contributed by atoms with van der Waals surface area (Å²) in [5.41, 5.74) is 0. The van der Waals surface area contributed by atoms with Gasteiger partial charge in [0.05, 0.1) is 7.41 Å². The third-order valence-electron chi connectivity index (χ3n) is 4.80. The summed E-state index contributed by atoms with van der Waals surface area (Å²) in [5, 5.41) is 0. The number of rotatable bonds is 16. The molecule has 0 aliphatic heterocycles. The van der Waals surface area contributed by atoms with Gasteiger partial charge in [-0.05, 0) is 80.9 Å². The molecular formula is C17H48O3P2S2Si5. The molecule has 0 fully saturated rings. The molecule has 2 atom stereocenters. The Morgan fingerprint density at radius 3 is 1.59 bits per heavy atom. The molecule has 0 aromatic rings. The van der Waals surface area contributed by atoms with Gasteiger partial charge in [-0.15, -0.1) is 16.3 Å². The average Bonchev–Trinajstić information content (AvgIpc) is 2.54. The number of hydrogen-bond acceptors (Lipinski definition) is 5. The summed E-state index contributed by atoms with van der Waals surface area (Å²) >= 11 is 4.47. The maximum absolute atomic E-state index is 10.4. The van der Waals surface area contributed by atoms with Crippen LogP contribution in [0.2, 0.25) is 71.0 Å². The Bertz CT molecular complexity index is 457. The molecule has 0 saturated carbocycles. The molecule has 0 saturated heterocycles. The molecule has 2 N–H and O–H groups in total. The standard InChI is InChI=1S/C17H48O3P2S2Si5/c1-20-27(6,7)15-13-24-28(8,9)23-12-11-14-29(10,21-16-25(2,3)18)22-17-26(4,5)19/h18-19,21-22H,11-17H2,1-10H3. The van der Waals surface area contributed by atoms with Gasteiger partial charge in [0.15, 0.2) is 31.3 Å². The van der Waals surface area contributed by atoms with Gasteiger partial charge in [-0.2, -0.15) is 22.4 Å². The molecule has 0 aromatic carbocycles. The molecule has 29 heavy (non-hydrogen) atoms. The second-order valence-corrected chi connectivity index (χ2v) is 52.0. The lowest BCUT2D eigenvalue weighted by atomic mass is 10.6. The number of hydrogen-bond donors (Lipinski definition) is 2.